The minimum atomic E-state index is -0.644. The Kier molecular flexibility index (Phi) is 8.11. The van der Waals surface area contributed by atoms with Gasteiger partial charge in [0.1, 0.15) is 0 Å². The quantitative estimate of drug-likeness (QED) is 0.421. The molecule has 0 bridgehead atoms. The molecule has 9 heteroatoms. The number of β-amino-alcohol motifs (C(OH)–C–C–N with tert-alkyl or cyclic N) is 1. The normalized spacial score (nSPS) is 17.5. The van der Waals surface area contributed by atoms with Crippen LogP contribution in [-0.2, 0) is 16.0 Å². The Hall–Kier alpha value is -2.46. The van der Waals surface area contributed by atoms with Gasteiger partial charge in [-0.2, -0.15) is 0 Å². The number of likely N-dealkylation sites (N-methyl/N-ethyl adjacent to an activating group) is 1. The Morgan fingerprint density at radius 2 is 2.11 bits per heavy atom. The van der Waals surface area contributed by atoms with E-state index in [1.165, 1.54) is 0 Å². The third kappa shape index (κ3) is 5.38. The van der Waals surface area contributed by atoms with Gasteiger partial charge in [0.05, 0.1) is 29.5 Å². The molecule has 0 aliphatic carbocycles. The van der Waals surface area contributed by atoms with Crippen molar-refractivity contribution in [1.82, 2.24) is 14.8 Å². The zero-order chi connectivity index (χ0) is 25.1. The van der Waals surface area contributed by atoms with Crippen LogP contribution in [0.25, 0.3) is 11.6 Å². The number of aromatic amines is 1. The van der Waals surface area contributed by atoms with Crippen molar-refractivity contribution in [1.29, 1.82) is 0 Å². The molecule has 0 fully saturated rings. The lowest BCUT2D eigenvalue weighted by atomic mass is 10.0. The fourth-order valence-corrected chi connectivity index (χ4v) is 5.46. The number of nitrogens with one attached hydrogen (secondary N) is 2. The lowest BCUT2D eigenvalue weighted by molar-refractivity contribution is -0.110. The maximum absolute atomic E-state index is 13.5. The van der Waals surface area contributed by atoms with Gasteiger partial charge in [-0.05, 0) is 50.1 Å². The van der Waals surface area contributed by atoms with E-state index in [1.54, 1.807) is 12.0 Å². The van der Waals surface area contributed by atoms with Crippen molar-refractivity contribution in [2.45, 2.75) is 32.8 Å². The number of methoxy groups -OCH3 is 1. The number of aliphatic hydroxyl groups is 1. The second-order valence-corrected chi connectivity index (χ2v) is 9.94. The van der Waals surface area contributed by atoms with Crippen LogP contribution in [0.15, 0.2) is 22.7 Å². The number of fused-ring (bicyclic) bond motifs is 2. The minimum absolute atomic E-state index is 0.0765. The van der Waals surface area contributed by atoms with Gasteiger partial charge in [0.25, 0.3) is 11.8 Å². The number of H-pyrrole nitrogens is 1. The first-order valence-electron chi connectivity index (χ1n) is 12.1. The summed E-state index contributed by atoms with van der Waals surface area (Å²) in [6, 6.07) is 5.66. The number of aromatic nitrogens is 1. The largest absolute Gasteiger partial charge is 0.390 e. The van der Waals surface area contributed by atoms with Crippen LogP contribution in [0.1, 0.15) is 46.2 Å². The first-order valence-corrected chi connectivity index (χ1v) is 12.8. The van der Waals surface area contributed by atoms with Crippen molar-refractivity contribution in [2.24, 2.45) is 0 Å². The minimum Gasteiger partial charge on any atom is -0.390 e. The van der Waals surface area contributed by atoms with E-state index in [1.807, 2.05) is 38.1 Å². The molecule has 2 aromatic rings. The van der Waals surface area contributed by atoms with E-state index in [9.17, 15) is 14.7 Å². The number of carbonyl (C=O) groups is 2. The second-order valence-electron chi connectivity index (χ2n) is 9.09. The first-order chi connectivity index (χ1) is 16.8. The van der Waals surface area contributed by atoms with Crippen molar-refractivity contribution in [2.75, 3.05) is 51.8 Å². The number of rotatable bonds is 9. The van der Waals surface area contributed by atoms with Gasteiger partial charge in [-0.3, -0.25) is 14.5 Å². The number of carbonyl (C=O) groups excluding carboxylic acids is 2. The number of amides is 2. The molecule has 1 aromatic carbocycles. The molecule has 3 N–H and O–H groups in total. The van der Waals surface area contributed by atoms with Crippen LogP contribution in [0, 0.1) is 6.92 Å². The van der Waals surface area contributed by atoms with Gasteiger partial charge in [0.15, 0.2) is 0 Å². The molecule has 1 aromatic heterocycles. The number of hydrogen-bond donors (Lipinski definition) is 3. The predicted molar refractivity (Wildman–Crippen MR) is 140 cm³/mol. The third-order valence-electron chi connectivity index (χ3n) is 6.75. The molecule has 1 atom stereocenters. The van der Waals surface area contributed by atoms with E-state index in [0.29, 0.717) is 30.8 Å². The highest BCUT2D eigenvalue weighted by Gasteiger charge is 2.31. The molecule has 2 aliphatic rings. The van der Waals surface area contributed by atoms with E-state index in [0.717, 1.165) is 58.6 Å². The van der Waals surface area contributed by atoms with Crippen molar-refractivity contribution in [3.8, 4) is 0 Å². The Morgan fingerprint density at radius 3 is 2.86 bits per heavy atom. The molecule has 8 nitrogen and oxygen atoms in total. The molecule has 188 valence electrons. The van der Waals surface area contributed by atoms with Crippen LogP contribution in [0.3, 0.4) is 0 Å². The summed E-state index contributed by atoms with van der Waals surface area (Å²) in [6.45, 7) is 7.48. The Labute approximate surface area is 214 Å². The van der Waals surface area contributed by atoms with Gasteiger partial charge in [-0.1, -0.05) is 28.9 Å². The molecule has 4 rings (SSSR count). The Morgan fingerprint density at radius 1 is 1.31 bits per heavy atom. The molecule has 0 spiro atoms. The highest BCUT2D eigenvalue weighted by atomic mass is 79.9. The summed E-state index contributed by atoms with van der Waals surface area (Å²) < 4.78 is 5.99. The van der Waals surface area contributed by atoms with Crippen LogP contribution >= 0.6 is 15.9 Å². The molecular formula is C26H33BrN4O4. The van der Waals surface area contributed by atoms with Crippen LogP contribution < -0.4 is 5.32 Å². The summed E-state index contributed by atoms with van der Waals surface area (Å²) >= 11 is 3.55. The van der Waals surface area contributed by atoms with Gasteiger partial charge >= 0.3 is 0 Å². The van der Waals surface area contributed by atoms with Crippen LogP contribution in [0.4, 0.5) is 5.69 Å². The fourth-order valence-electron chi connectivity index (χ4n) is 4.88. The van der Waals surface area contributed by atoms with Crippen molar-refractivity contribution in [3.63, 3.8) is 0 Å². The average Bonchev–Trinajstić information content (AvgIpc) is 3.26. The summed E-state index contributed by atoms with van der Waals surface area (Å²) in [5.41, 5.74) is 5.27. The van der Waals surface area contributed by atoms with Crippen LogP contribution in [-0.4, -0.2) is 84.2 Å². The number of aliphatic hydroxyl groups excluding tert-OH is 1. The zero-order valence-electron chi connectivity index (χ0n) is 20.5. The van der Waals surface area contributed by atoms with Gasteiger partial charge in [0, 0.05) is 54.7 Å². The number of ether oxygens (including phenoxy) is 1. The van der Waals surface area contributed by atoms with Crippen molar-refractivity contribution < 1.29 is 19.4 Å². The molecular weight excluding hydrogens is 512 g/mol. The number of nitrogens with zero attached hydrogens (tertiary/aromatic N) is 2. The standard InChI is InChI=1S/C26H33BrN4O4/c1-4-30(11-12-35-3)14-17(32)15-31-10-6-9-20-23(26(31)34)16(2)22(28-20)13-18-24-19(27)7-5-8-21(24)29-25(18)33/h5,7-8,13,17,28,32H,4,6,9-12,14-15H2,1-3H3,(H,29,33)/b18-13-/t17-/m0/s1. The van der Waals surface area contributed by atoms with Crippen LogP contribution in [0.2, 0.25) is 0 Å². The summed E-state index contributed by atoms with van der Waals surface area (Å²) in [7, 11) is 1.66. The zero-order valence-corrected chi connectivity index (χ0v) is 22.1. The number of anilines is 1. The van der Waals surface area contributed by atoms with E-state index >= 15 is 0 Å². The van der Waals surface area contributed by atoms with Crippen molar-refractivity contribution in [3.05, 3.63) is 50.8 Å². The molecule has 0 unspecified atom stereocenters. The highest BCUT2D eigenvalue weighted by molar-refractivity contribution is 9.10. The molecule has 35 heavy (non-hydrogen) atoms. The van der Waals surface area contributed by atoms with Gasteiger partial charge < -0.3 is 25.0 Å². The summed E-state index contributed by atoms with van der Waals surface area (Å²) in [4.78, 5) is 33.5. The monoisotopic (exact) mass is 544 g/mol. The summed E-state index contributed by atoms with van der Waals surface area (Å²) in [5, 5.41) is 13.6. The first kappa shape index (κ1) is 25.6. The summed E-state index contributed by atoms with van der Waals surface area (Å²) in [5.74, 6) is -0.242. The average molecular weight is 545 g/mol. The molecule has 0 saturated heterocycles. The van der Waals surface area contributed by atoms with E-state index < -0.39 is 6.10 Å². The molecule has 2 amide bonds. The summed E-state index contributed by atoms with van der Waals surface area (Å²) in [6.07, 6.45) is 2.72. The Bertz CT molecular complexity index is 1140. The topological polar surface area (TPSA) is 97.9 Å². The van der Waals surface area contributed by atoms with E-state index in [-0.39, 0.29) is 18.4 Å². The SMILES string of the molecule is CCN(CCOC)C[C@H](O)CN1CCCc2[nH]c(/C=C3\C(=O)Nc4cccc(Br)c43)c(C)c2C1=O. The van der Waals surface area contributed by atoms with E-state index in [2.05, 4.69) is 31.1 Å². The lowest BCUT2D eigenvalue weighted by Gasteiger charge is -2.28. The van der Waals surface area contributed by atoms with Crippen LogP contribution in [0.5, 0.6) is 0 Å². The fraction of sp³-hybridized carbons (Fsp3) is 0.462. The molecule has 0 radical (unpaired) electrons. The lowest BCUT2D eigenvalue weighted by Crippen LogP contribution is -2.43. The number of hydrogen-bond acceptors (Lipinski definition) is 5. The van der Waals surface area contributed by atoms with Crippen molar-refractivity contribution >= 4 is 45.1 Å². The van der Waals surface area contributed by atoms with Gasteiger partial charge in [-0.15, -0.1) is 0 Å². The smallest absolute Gasteiger partial charge is 0.256 e. The third-order valence-corrected chi connectivity index (χ3v) is 7.41. The highest BCUT2D eigenvalue weighted by Crippen LogP contribution is 2.39. The maximum atomic E-state index is 13.5. The molecule has 3 heterocycles. The number of aryl methyl sites for hydroxylation is 1. The van der Waals surface area contributed by atoms with Gasteiger partial charge in [0.2, 0.25) is 0 Å². The number of benzene rings is 1. The van der Waals surface area contributed by atoms with E-state index in [4.69, 9.17) is 4.74 Å². The number of halogens is 1. The predicted octanol–water partition coefficient (Wildman–Crippen LogP) is 3.30. The molecule has 2 aliphatic heterocycles. The Balaban J connectivity index is 1.56. The molecule has 0 saturated carbocycles. The van der Waals surface area contributed by atoms with Gasteiger partial charge in [-0.25, -0.2) is 0 Å². The maximum Gasteiger partial charge on any atom is 0.256 e. The second kappa shape index (κ2) is 11.1.